The Morgan fingerprint density at radius 3 is 2.18 bits per heavy atom. The fourth-order valence-corrected chi connectivity index (χ4v) is 0.746. The fourth-order valence-electron chi connectivity index (χ4n) is 0.746. The van der Waals surface area contributed by atoms with E-state index in [1.807, 2.05) is 13.8 Å². The van der Waals surface area contributed by atoms with Crippen LogP contribution in [0.5, 0.6) is 0 Å². The van der Waals surface area contributed by atoms with Crippen molar-refractivity contribution in [2.24, 2.45) is 5.92 Å². The van der Waals surface area contributed by atoms with Crippen LogP contribution < -0.4 is 0 Å². The van der Waals surface area contributed by atoms with Gasteiger partial charge >= 0.3 is 0 Å². The summed E-state index contributed by atoms with van der Waals surface area (Å²) < 4.78 is 23.5. The summed E-state index contributed by atoms with van der Waals surface area (Å²) in [6.07, 6.45) is -2.36. The summed E-state index contributed by atoms with van der Waals surface area (Å²) in [6.45, 7) is 3.27. The lowest BCUT2D eigenvalue weighted by molar-refractivity contribution is 0.122. The second-order valence-corrected chi connectivity index (χ2v) is 2.81. The van der Waals surface area contributed by atoms with E-state index in [9.17, 15) is 8.78 Å². The minimum atomic E-state index is -2.36. The van der Waals surface area contributed by atoms with Crippen molar-refractivity contribution in [2.45, 2.75) is 20.3 Å². The maximum Gasteiger partial charge on any atom is 0.255 e. The molecule has 0 heterocycles. The van der Waals surface area contributed by atoms with Crippen LogP contribution in [-0.4, -0.2) is 30.8 Å². The Bertz CT molecular complexity index is 134. The van der Waals surface area contributed by atoms with E-state index in [4.69, 9.17) is 5.41 Å². The van der Waals surface area contributed by atoms with Crippen LogP contribution in [0.25, 0.3) is 0 Å². The van der Waals surface area contributed by atoms with Gasteiger partial charge in [0.15, 0.2) is 0 Å². The second-order valence-electron chi connectivity index (χ2n) is 2.81. The van der Waals surface area contributed by atoms with Crippen LogP contribution in [0, 0.1) is 11.3 Å². The lowest BCUT2D eigenvalue weighted by Crippen LogP contribution is -2.33. The molecule has 0 rings (SSSR count). The molecule has 4 heteroatoms. The van der Waals surface area contributed by atoms with Crippen LogP contribution in [0.2, 0.25) is 0 Å². The van der Waals surface area contributed by atoms with Crippen molar-refractivity contribution >= 4 is 5.84 Å². The van der Waals surface area contributed by atoms with Crippen molar-refractivity contribution in [3.8, 4) is 0 Å². The molecule has 0 amide bonds. The summed E-state index contributed by atoms with van der Waals surface area (Å²) in [5.41, 5.74) is 0. The topological polar surface area (TPSA) is 27.1 Å². The third-order valence-electron chi connectivity index (χ3n) is 1.37. The minimum Gasteiger partial charge on any atom is -0.358 e. The van der Waals surface area contributed by atoms with Gasteiger partial charge in [-0.15, -0.1) is 0 Å². The molecule has 2 nitrogen and oxygen atoms in total. The van der Waals surface area contributed by atoms with Crippen LogP contribution in [0.3, 0.4) is 0 Å². The standard InChI is InChI=1S/C7H14F2N2/c1-5(2)7(10)11(3)4-6(8)9/h5-6,10H,4H2,1-3H3. The molecule has 0 aromatic carbocycles. The number of rotatable bonds is 3. The first-order chi connectivity index (χ1) is 4.95. The van der Waals surface area contributed by atoms with Crippen molar-refractivity contribution in [2.75, 3.05) is 13.6 Å². The maximum atomic E-state index is 11.8. The summed E-state index contributed by atoms with van der Waals surface area (Å²) in [5.74, 6) is 0.268. The highest BCUT2D eigenvalue weighted by Gasteiger charge is 2.12. The van der Waals surface area contributed by atoms with Gasteiger partial charge in [0, 0.05) is 13.0 Å². The second kappa shape index (κ2) is 4.26. The number of amidine groups is 1. The van der Waals surface area contributed by atoms with Crippen LogP contribution in [-0.2, 0) is 0 Å². The molecule has 0 radical (unpaired) electrons. The zero-order valence-electron chi connectivity index (χ0n) is 7.06. The Hall–Kier alpha value is -0.670. The number of hydrogen-bond acceptors (Lipinski definition) is 1. The molecule has 0 aliphatic rings. The lowest BCUT2D eigenvalue weighted by Gasteiger charge is -2.21. The van der Waals surface area contributed by atoms with Crippen LogP contribution in [0.1, 0.15) is 13.8 Å². The highest BCUT2D eigenvalue weighted by molar-refractivity contribution is 5.80. The molecule has 11 heavy (non-hydrogen) atoms. The van der Waals surface area contributed by atoms with Gasteiger partial charge in [-0.05, 0) is 0 Å². The molecule has 0 fully saturated rings. The predicted molar refractivity (Wildman–Crippen MR) is 41.2 cm³/mol. The molecular weight excluding hydrogens is 150 g/mol. The van der Waals surface area contributed by atoms with Crippen molar-refractivity contribution in [3.05, 3.63) is 0 Å². The number of nitrogens with one attached hydrogen (secondary N) is 1. The van der Waals surface area contributed by atoms with E-state index in [-0.39, 0.29) is 18.3 Å². The van der Waals surface area contributed by atoms with E-state index in [1.54, 1.807) is 0 Å². The Morgan fingerprint density at radius 2 is 1.91 bits per heavy atom. The number of nitrogens with zero attached hydrogens (tertiary/aromatic N) is 1. The third-order valence-corrected chi connectivity index (χ3v) is 1.37. The Labute approximate surface area is 65.7 Å². The van der Waals surface area contributed by atoms with Gasteiger partial charge in [0.05, 0.1) is 12.4 Å². The largest absolute Gasteiger partial charge is 0.358 e. The number of alkyl halides is 2. The first-order valence-corrected chi connectivity index (χ1v) is 3.53. The Balaban J connectivity index is 3.83. The van der Waals surface area contributed by atoms with E-state index in [2.05, 4.69) is 0 Å². The van der Waals surface area contributed by atoms with E-state index in [1.165, 1.54) is 11.9 Å². The zero-order chi connectivity index (χ0) is 9.02. The van der Waals surface area contributed by atoms with Gasteiger partial charge in [0.25, 0.3) is 6.43 Å². The molecule has 0 spiro atoms. The fraction of sp³-hybridized carbons (Fsp3) is 0.857. The highest BCUT2D eigenvalue weighted by Crippen LogP contribution is 2.02. The summed E-state index contributed by atoms with van der Waals surface area (Å²) in [5, 5.41) is 7.34. The molecule has 1 N–H and O–H groups in total. The van der Waals surface area contributed by atoms with Crippen molar-refractivity contribution in [3.63, 3.8) is 0 Å². The van der Waals surface area contributed by atoms with Crippen LogP contribution in [0.4, 0.5) is 8.78 Å². The SMILES string of the molecule is CC(C)C(=N)N(C)CC(F)F. The average molecular weight is 164 g/mol. The first kappa shape index (κ1) is 10.3. The first-order valence-electron chi connectivity index (χ1n) is 3.53. The highest BCUT2D eigenvalue weighted by atomic mass is 19.3. The summed E-state index contributed by atoms with van der Waals surface area (Å²) in [7, 11) is 1.51. The predicted octanol–water partition coefficient (Wildman–Crippen LogP) is 1.82. The smallest absolute Gasteiger partial charge is 0.255 e. The number of halogens is 2. The quantitative estimate of drug-likeness (QED) is 0.500. The van der Waals surface area contributed by atoms with Gasteiger partial charge in [-0.1, -0.05) is 13.8 Å². The molecule has 0 bridgehead atoms. The van der Waals surface area contributed by atoms with Crippen LogP contribution >= 0.6 is 0 Å². The Morgan fingerprint density at radius 1 is 1.45 bits per heavy atom. The molecule has 0 saturated carbocycles. The number of hydrogen-bond donors (Lipinski definition) is 1. The van der Waals surface area contributed by atoms with E-state index in [0.29, 0.717) is 0 Å². The van der Waals surface area contributed by atoms with Gasteiger partial charge in [0.2, 0.25) is 0 Å². The van der Waals surface area contributed by atoms with E-state index >= 15 is 0 Å². The molecule has 0 atom stereocenters. The molecule has 0 aromatic rings. The Kier molecular flexibility index (Phi) is 4.00. The normalized spacial score (nSPS) is 10.8. The van der Waals surface area contributed by atoms with Crippen LogP contribution in [0.15, 0.2) is 0 Å². The van der Waals surface area contributed by atoms with E-state index < -0.39 is 6.43 Å². The molecule has 0 aromatic heterocycles. The summed E-state index contributed by atoms with van der Waals surface area (Å²) in [6, 6.07) is 0. The van der Waals surface area contributed by atoms with Crippen molar-refractivity contribution in [1.82, 2.24) is 4.90 Å². The average Bonchev–Trinajstić information content (AvgIpc) is 1.84. The van der Waals surface area contributed by atoms with Gasteiger partial charge < -0.3 is 4.90 Å². The lowest BCUT2D eigenvalue weighted by atomic mass is 10.2. The van der Waals surface area contributed by atoms with Crippen molar-refractivity contribution < 1.29 is 8.78 Å². The van der Waals surface area contributed by atoms with Gasteiger partial charge in [-0.25, -0.2) is 8.78 Å². The molecular formula is C7H14F2N2. The maximum absolute atomic E-state index is 11.8. The summed E-state index contributed by atoms with van der Waals surface area (Å²) >= 11 is 0. The van der Waals surface area contributed by atoms with E-state index in [0.717, 1.165) is 0 Å². The molecule has 0 aliphatic heterocycles. The molecule has 0 aliphatic carbocycles. The minimum absolute atomic E-state index is 0.0127. The molecule has 0 unspecified atom stereocenters. The van der Waals surface area contributed by atoms with Gasteiger partial charge in [-0.2, -0.15) is 0 Å². The summed E-state index contributed by atoms with van der Waals surface area (Å²) in [4.78, 5) is 1.27. The monoisotopic (exact) mass is 164 g/mol. The van der Waals surface area contributed by atoms with Gasteiger partial charge in [-0.3, -0.25) is 5.41 Å². The molecule has 0 saturated heterocycles. The van der Waals surface area contributed by atoms with Crippen molar-refractivity contribution in [1.29, 1.82) is 5.41 Å². The molecule has 66 valence electrons. The van der Waals surface area contributed by atoms with Gasteiger partial charge in [0.1, 0.15) is 0 Å². The third kappa shape index (κ3) is 3.91. The zero-order valence-corrected chi connectivity index (χ0v) is 7.06.